The second-order valence-electron chi connectivity index (χ2n) is 6.85. The van der Waals surface area contributed by atoms with Crippen LogP contribution in [0.15, 0.2) is 54.7 Å². The lowest BCUT2D eigenvalue weighted by Crippen LogP contribution is -2.38. The maximum Gasteiger partial charge on any atom is 0.246 e. The van der Waals surface area contributed by atoms with Crippen LogP contribution in [0.1, 0.15) is 35.7 Å². The number of pyridine rings is 1. The zero-order chi connectivity index (χ0) is 17.9. The molecule has 3 aromatic rings. The van der Waals surface area contributed by atoms with Crippen LogP contribution < -0.4 is 0 Å². The van der Waals surface area contributed by atoms with Crippen molar-refractivity contribution in [2.75, 3.05) is 13.1 Å². The molecule has 1 atom stereocenters. The molecule has 0 saturated carbocycles. The lowest BCUT2D eigenvalue weighted by Gasteiger charge is -2.31. The van der Waals surface area contributed by atoms with Gasteiger partial charge in [0.15, 0.2) is 5.65 Å². The van der Waals surface area contributed by atoms with Gasteiger partial charge in [-0.2, -0.15) is 0 Å². The van der Waals surface area contributed by atoms with Gasteiger partial charge in [-0.3, -0.25) is 9.20 Å². The Morgan fingerprint density at radius 1 is 1.15 bits per heavy atom. The largest absolute Gasteiger partial charge is 0.338 e. The highest BCUT2D eigenvalue weighted by atomic mass is 16.2. The quantitative estimate of drug-likeness (QED) is 0.683. The molecular formula is C21H22N4O. The number of benzene rings is 1. The number of hydrogen-bond donors (Lipinski definition) is 0. The summed E-state index contributed by atoms with van der Waals surface area (Å²) in [5.74, 6) is 1.22. The number of carbonyl (C=O) groups is 1. The molecule has 1 fully saturated rings. The molecule has 132 valence electrons. The van der Waals surface area contributed by atoms with Gasteiger partial charge in [-0.05, 0) is 43.5 Å². The molecule has 0 radical (unpaired) electrons. The van der Waals surface area contributed by atoms with Crippen molar-refractivity contribution in [1.82, 2.24) is 19.5 Å². The highest BCUT2D eigenvalue weighted by Crippen LogP contribution is 2.26. The van der Waals surface area contributed by atoms with E-state index in [2.05, 4.69) is 29.3 Å². The number of aryl methyl sites for hydroxylation is 1. The lowest BCUT2D eigenvalue weighted by atomic mass is 9.97. The van der Waals surface area contributed by atoms with E-state index in [1.807, 2.05) is 51.9 Å². The van der Waals surface area contributed by atoms with Crippen molar-refractivity contribution in [3.05, 3.63) is 71.7 Å². The first-order valence-electron chi connectivity index (χ1n) is 9.04. The Hall–Kier alpha value is -2.95. The molecule has 2 aromatic heterocycles. The molecule has 0 aliphatic carbocycles. The number of aromatic nitrogens is 3. The average molecular weight is 346 g/mol. The van der Waals surface area contributed by atoms with Crippen LogP contribution in [-0.4, -0.2) is 38.5 Å². The van der Waals surface area contributed by atoms with Crippen molar-refractivity contribution in [2.24, 2.45) is 0 Å². The SMILES string of the molecule is Cc1ccc(/C=C/C(=O)N2CCC[C@@H](c3nnc4ccccn34)C2)cc1. The summed E-state index contributed by atoms with van der Waals surface area (Å²) in [6.45, 7) is 3.54. The smallest absolute Gasteiger partial charge is 0.246 e. The molecule has 1 aromatic carbocycles. The minimum Gasteiger partial charge on any atom is -0.338 e. The lowest BCUT2D eigenvalue weighted by molar-refractivity contribution is -0.127. The van der Waals surface area contributed by atoms with Crippen molar-refractivity contribution >= 4 is 17.6 Å². The normalized spacial score (nSPS) is 17.9. The Morgan fingerprint density at radius 2 is 2.00 bits per heavy atom. The Kier molecular flexibility index (Phi) is 4.52. The Bertz CT molecular complexity index is 942. The second-order valence-corrected chi connectivity index (χ2v) is 6.85. The Balaban J connectivity index is 1.47. The van der Waals surface area contributed by atoms with Gasteiger partial charge in [-0.1, -0.05) is 35.9 Å². The molecule has 0 unspecified atom stereocenters. The topological polar surface area (TPSA) is 50.5 Å². The van der Waals surface area contributed by atoms with E-state index in [9.17, 15) is 4.79 Å². The standard InChI is InChI=1S/C21H22N4O/c1-16-7-9-17(10-8-16)11-12-20(26)24-13-4-5-18(15-24)21-23-22-19-6-2-3-14-25(19)21/h2-3,6-12,14,18H,4-5,13,15H2,1H3/b12-11+/t18-/m1/s1. The third kappa shape index (κ3) is 3.38. The molecule has 1 aliphatic rings. The zero-order valence-corrected chi connectivity index (χ0v) is 14.9. The number of piperidine rings is 1. The van der Waals surface area contributed by atoms with E-state index in [-0.39, 0.29) is 11.8 Å². The summed E-state index contributed by atoms with van der Waals surface area (Å²) in [4.78, 5) is 14.5. The van der Waals surface area contributed by atoms with Crippen LogP contribution in [0.3, 0.4) is 0 Å². The Morgan fingerprint density at radius 3 is 2.85 bits per heavy atom. The van der Waals surface area contributed by atoms with Crippen LogP contribution in [0.25, 0.3) is 11.7 Å². The fraction of sp³-hybridized carbons (Fsp3) is 0.286. The number of rotatable bonds is 3. The molecule has 3 heterocycles. The van der Waals surface area contributed by atoms with E-state index < -0.39 is 0 Å². The molecule has 0 N–H and O–H groups in total. The molecule has 1 aliphatic heterocycles. The van der Waals surface area contributed by atoms with Gasteiger partial charge in [-0.15, -0.1) is 10.2 Å². The zero-order valence-electron chi connectivity index (χ0n) is 14.9. The monoisotopic (exact) mass is 346 g/mol. The summed E-state index contributed by atoms with van der Waals surface area (Å²) in [6.07, 6.45) is 7.56. The van der Waals surface area contributed by atoms with E-state index in [0.29, 0.717) is 6.54 Å². The maximum absolute atomic E-state index is 12.6. The van der Waals surface area contributed by atoms with Crippen molar-refractivity contribution < 1.29 is 4.79 Å². The molecular weight excluding hydrogens is 324 g/mol. The van der Waals surface area contributed by atoms with Gasteiger partial charge in [0.1, 0.15) is 5.82 Å². The molecule has 0 spiro atoms. The first-order chi connectivity index (χ1) is 12.7. The molecule has 1 saturated heterocycles. The first kappa shape index (κ1) is 16.5. The van der Waals surface area contributed by atoms with E-state index >= 15 is 0 Å². The summed E-state index contributed by atoms with van der Waals surface area (Å²) >= 11 is 0. The summed E-state index contributed by atoms with van der Waals surface area (Å²) < 4.78 is 2.03. The van der Waals surface area contributed by atoms with Gasteiger partial charge < -0.3 is 4.90 Å². The summed E-state index contributed by atoms with van der Waals surface area (Å²) in [5, 5.41) is 8.61. The van der Waals surface area contributed by atoms with Gasteiger partial charge >= 0.3 is 0 Å². The fourth-order valence-electron chi connectivity index (χ4n) is 3.48. The highest BCUT2D eigenvalue weighted by Gasteiger charge is 2.26. The van der Waals surface area contributed by atoms with Gasteiger partial charge in [0.2, 0.25) is 5.91 Å². The molecule has 1 amide bonds. The molecule has 0 bridgehead atoms. The number of amides is 1. The number of likely N-dealkylation sites (tertiary alicyclic amines) is 1. The molecule has 4 rings (SSSR count). The fourth-order valence-corrected chi connectivity index (χ4v) is 3.48. The number of hydrogen-bond acceptors (Lipinski definition) is 3. The maximum atomic E-state index is 12.6. The number of nitrogens with zero attached hydrogens (tertiary/aromatic N) is 4. The van der Waals surface area contributed by atoms with Crippen molar-refractivity contribution in [3.8, 4) is 0 Å². The van der Waals surface area contributed by atoms with Crippen LogP contribution in [-0.2, 0) is 4.79 Å². The van der Waals surface area contributed by atoms with E-state index in [1.54, 1.807) is 6.08 Å². The van der Waals surface area contributed by atoms with E-state index in [1.165, 1.54) is 5.56 Å². The minimum atomic E-state index is 0.0593. The average Bonchev–Trinajstić information content (AvgIpc) is 3.11. The summed E-state index contributed by atoms with van der Waals surface area (Å²) in [6, 6.07) is 14.1. The highest BCUT2D eigenvalue weighted by molar-refractivity contribution is 5.91. The van der Waals surface area contributed by atoms with Gasteiger partial charge in [0, 0.05) is 31.3 Å². The second kappa shape index (κ2) is 7.12. The third-order valence-corrected chi connectivity index (χ3v) is 4.93. The summed E-state index contributed by atoms with van der Waals surface area (Å²) in [5.41, 5.74) is 3.11. The van der Waals surface area contributed by atoms with E-state index in [0.717, 1.165) is 36.4 Å². The molecule has 5 heteroatoms. The first-order valence-corrected chi connectivity index (χ1v) is 9.04. The van der Waals surface area contributed by atoms with Crippen LogP contribution in [0, 0.1) is 6.92 Å². The van der Waals surface area contributed by atoms with Gasteiger partial charge in [0.05, 0.1) is 0 Å². The van der Waals surface area contributed by atoms with Crippen LogP contribution in [0.4, 0.5) is 0 Å². The predicted molar refractivity (Wildman–Crippen MR) is 102 cm³/mol. The van der Waals surface area contributed by atoms with Gasteiger partial charge in [0.25, 0.3) is 0 Å². The van der Waals surface area contributed by atoms with Crippen LogP contribution >= 0.6 is 0 Å². The molecule has 26 heavy (non-hydrogen) atoms. The third-order valence-electron chi connectivity index (χ3n) is 4.93. The number of carbonyl (C=O) groups excluding carboxylic acids is 1. The minimum absolute atomic E-state index is 0.0593. The molecule has 5 nitrogen and oxygen atoms in total. The van der Waals surface area contributed by atoms with E-state index in [4.69, 9.17) is 0 Å². The van der Waals surface area contributed by atoms with Crippen molar-refractivity contribution in [2.45, 2.75) is 25.7 Å². The Labute approximate surface area is 153 Å². The summed E-state index contributed by atoms with van der Waals surface area (Å²) in [7, 11) is 0. The van der Waals surface area contributed by atoms with Crippen LogP contribution in [0.5, 0.6) is 0 Å². The van der Waals surface area contributed by atoms with Gasteiger partial charge in [-0.25, -0.2) is 0 Å². The van der Waals surface area contributed by atoms with Crippen molar-refractivity contribution in [3.63, 3.8) is 0 Å². The number of fused-ring (bicyclic) bond motifs is 1. The van der Waals surface area contributed by atoms with Crippen molar-refractivity contribution in [1.29, 1.82) is 0 Å². The van der Waals surface area contributed by atoms with Crippen LogP contribution in [0.2, 0.25) is 0 Å². The predicted octanol–water partition coefficient (Wildman–Crippen LogP) is 3.46.